The normalized spacial score (nSPS) is 23.6. The van der Waals surface area contributed by atoms with Gasteiger partial charge in [-0.05, 0) is 12.8 Å². The van der Waals surface area contributed by atoms with Crippen LogP contribution in [0.25, 0.3) is 0 Å². The van der Waals surface area contributed by atoms with Gasteiger partial charge in [0.05, 0.1) is 19.1 Å². The van der Waals surface area contributed by atoms with Crippen molar-refractivity contribution < 1.29 is 27.8 Å². The molecule has 2 unspecified atom stereocenters. The van der Waals surface area contributed by atoms with Gasteiger partial charge >= 0.3 is 6.18 Å². The lowest BCUT2D eigenvalue weighted by Gasteiger charge is -2.35. The summed E-state index contributed by atoms with van der Waals surface area (Å²) < 4.78 is 43.9. The predicted molar refractivity (Wildman–Crippen MR) is 67.0 cm³/mol. The minimum Gasteiger partial charge on any atom is -0.395 e. The Kier molecular flexibility index (Phi) is 6.75. The first-order chi connectivity index (χ1) is 9.41. The minimum absolute atomic E-state index is 0.0111. The summed E-state index contributed by atoms with van der Waals surface area (Å²) in [4.78, 5) is 13.6. The van der Waals surface area contributed by atoms with Crippen molar-refractivity contribution >= 4 is 5.91 Å². The van der Waals surface area contributed by atoms with Crippen LogP contribution in [0.2, 0.25) is 0 Å². The number of carbonyl (C=O) groups is 1. The van der Waals surface area contributed by atoms with Crippen LogP contribution in [0.3, 0.4) is 0 Å². The van der Waals surface area contributed by atoms with Gasteiger partial charge in [0, 0.05) is 26.1 Å². The smallest absolute Gasteiger partial charge is 0.392 e. The van der Waals surface area contributed by atoms with E-state index in [1.807, 2.05) is 0 Å². The summed E-state index contributed by atoms with van der Waals surface area (Å²) in [5.41, 5.74) is 0. The molecule has 0 aromatic heterocycles. The number of hydrogen-bond acceptors (Lipinski definition) is 3. The van der Waals surface area contributed by atoms with Gasteiger partial charge in [0.25, 0.3) is 0 Å². The van der Waals surface area contributed by atoms with Crippen LogP contribution in [0, 0.1) is 11.8 Å². The van der Waals surface area contributed by atoms with E-state index in [2.05, 4.69) is 0 Å². The second-order valence-electron chi connectivity index (χ2n) is 5.08. The Balaban J connectivity index is 2.78. The average Bonchev–Trinajstić information content (AvgIpc) is 2.42. The van der Waals surface area contributed by atoms with Crippen molar-refractivity contribution in [2.24, 2.45) is 11.8 Å². The Labute approximate surface area is 116 Å². The number of ether oxygens (including phenoxy) is 1. The van der Waals surface area contributed by atoms with Crippen molar-refractivity contribution in [1.29, 1.82) is 0 Å². The van der Waals surface area contributed by atoms with Gasteiger partial charge in [0.2, 0.25) is 5.91 Å². The van der Waals surface area contributed by atoms with Crippen LogP contribution < -0.4 is 0 Å². The molecule has 7 heteroatoms. The number of rotatable bonds is 6. The molecular weight excluding hydrogens is 275 g/mol. The number of aliphatic hydroxyl groups excluding tert-OH is 1. The largest absolute Gasteiger partial charge is 0.395 e. The number of alkyl halides is 3. The van der Waals surface area contributed by atoms with E-state index >= 15 is 0 Å². The monoisotopic (exact) mass is 297 g/mol. The summed E-state index contributed by atoms with van der Waals surface area (Å²) in [5.74, 6) is -3.10. The predicted octanol–water partition coefficient (Wildman–Crippen LogP) is 1.82. The highest BCUT2D eigenvalue weighted by Gasteiger charge is 2.48. The van der Waals surface area contributed by atoms with Gasteiger partial charge in [-0.3, -0.25) is 4.79 Å². The molecule has 1 amide bonds. The SMILES string of the molecule is COCCN(CCO)C(=O)C1CCCCC1C(F)(F)F. The quantitative estimate of drug-likeness (QED) is 0.813. The molecule has 1 saturated carbocycles. The minimum atomic E-state index is -4.34. The molecule has 0 bridgehead atoms. The van der Waals surface area contributed by atoms with E-state index < -0.39 is 23.9 Å². The molecule has 0 heterocycles. The van der Waals surface area contributed by atoms with Gasteiger partial charge in [-0.25, -0.2) is 0 Å². The lowest BCUT2D eigenvalue weighted by atomic mass is 9.78. The van der Waals surface area contributed by atoms with Gasteiger partial charge in [-0.15, -0.1) is 0 Å². The van der Waals surface area contributed by atoms with Crippen LogP contribution in [0.5, 0.6) is 0 Å². The van der Waals surface area contributed by atoms with Crippen LogP contribution in [0.1, 0.15) is 25.7 Å². The number of aliphatic hydroxyl groups is 1. The standard InChI is InChI=1S/C13H22F3NO3/c1-20-9-7-17(6-8-18)12(19)10-4-2-3-5-11(10)13(14,15)16/h10-11,18H,2-9H2,1H3. The molecule has 0 aromatic carbocycles. The Morgan fingerprint density at radius 2 is 1.95 bits per heavy atom. The van der Waals surface area contributed by atoms with Crippen molar-refractivity contribution in [3.8, 4) is 0 Å². The summed E-state index contributed by atoms with van der Waals surface area (Å²) in [7, 11) is 1.46. The van der Waals surface area contributed by atoms with E-state index in [9.17, 15) is 18.0 Å². The molecule has 118 valence electrons. The number of methoxy groups -OCH3 is 1. The number of carbonyl (C=O) groups excluding carboxylic acids is 1. The summed E-state index contributed by atoms with van der Waals surface area (Å²) in [5, 5.41) is 8.95. The number of halogens is 3. The molecule has 0 spiro atoms. The highest BCUT2D eigenvalue weighted by Crippen LogP contribution is 2.42. The maximum Gasteiger partial charge on any atom is 0.392 e. The molecular formula is C13H22F3NO3. The molecule has 1 aliphatic carbocycles. The molecule has 1 N–H and O–H groups in total. The molecule has 1 rings (SSSR count). The number of hydrogen-bond donors (Lipinski definition) is 1. The third-order valence-electron chi connectivity index (χ3n) is 3.75. The van der Waals surface area contributed by atoms with Gasteiger partial charge in [0.15, 0.2) is 0 Å². The summed E-state index contributed by atoms with van der Waals surface area (Å²) in [6.07, 6.45) is -2.92. The first-order valence-electron chi connectivity index (χ1n) is 6.87. The lowest BCUT2D eigenvalue weighted by molar-refractivity contribution is -0.201. The zero-order valence-corrected chi connectivity index (χ0v) is 11.7. The Morgan fingerprint density at radius 1 is 1.30 bits per heavy atom. The highest BCUT2D eigenvalue weighted by molar-refractivity contribution is 5.79. The summed E-state index contributed by atoms with van der Waals surface area (Å²) in [6.45, 7) is 0.230. The van der Waals surface area contributed by atoms with Crippen LogP contribution in [0.15, 0.2) is 0 Å². The maximum atomic E-state index is 13.0. The van der Waals surface area contributed by atoms with Crippen LogP contribution >= 0.6 is 0 Å². The molecule has 0 aliphatic heterocycles. The summed E-state index contributed by atoms with van der Waals surface area (Å²) >= 11 is 0. The molecule has 2 atom stereocenters. The zero-order valence-electron chi connectivity index (χ0n) is 11.7. The fourth-order valence-electron chi connectivity index (χ4n) is 2.71. The average molecular weight is 297 g/mol. The fourth-order valence-corrected chi connectivity index (χ4v) is 2.71. The van der Waals surface area contributed by atoms with Crippen molar-refractivity contribution in [3.05, 3.63) is 0 Å². The van der Waals surface area contributed by atoms with Crippen LogP contribution in [-0.2, 0) is 9.53 Å². The third-order valence-corrected chi connectivity index (χ3v) is 3.75. The molecule has 1 fully saturated rings. The van der Waals surface area contributed by atoms with E-state index in [1.54, 1.807) is 0 Å². The van der Waals surface area contributed by atoms with E-state index in [-0.39, 0.29) is 39.1 Å². The van der Waals surface area contributed by atoms with Crippen molar-refractivity contribution in [2.75, 3.05) is 33.4 Å². The second-order valence-corrected chi connectivity index (χ2v) is 5.08. The molecule has 4 nitrogen and oxygen atoms in total. The number of nitrogens with zero attached hydrogens (tertiary/aromatic N) is 1. The number of amides is 1. The highest BCUT2D eigenvalue weighted by atomic mass is 19.4. The third kappa shape index (κ3) is 4.63. The van der Waals surface area contributed by atoms with E-state index in [0.29, 0.717) is 12.8 Å². The first kappa shape index (κ1) is 17.2. The van der Waals surface area contributed by atoms with Gasteiger partial charge in [-0.2, -0.15) is 13.2 Å². The molecule has 1 aliphatic rings. The van der Waals surface area contributed by atoms with E-state index in [0.717, 1.165) is 0 Å². The van der Waals surface area contributed by atoms with Crippen LogP contribution in [-0.4, -0.2) is 55.5 Å². The lowest BCUT2D eigenvalue weighted by Crippen LogP contribution is -2.46. The molecule has 0 aromatic rings. The summed E-state index contributed by atoms with van der Waals surface area (Å²) in [6, 6.07) is 0. The van der Waals surface area contributed by atoms with Gasteiger partial charge < -0.3 is 14.7 Å². The zero-order chi connectivity index (χ0) is 15.2. The van der Waals surface area contributed by atoms with E-state index in [1.165, 1.54) is 12.0 Å². The Hall–Kier alpha value is -0.820. The first-order valence-corrected chi connectivity index (χ1v) is 6.87. The Bertz CT molecular complexity index is 310. The molecule has 0 saturated heterocycles. The molecule has 20 heavy (non-hydrogen) atoms. The second kappa shape index (κ2) is 7.83. The Morgan fingerprint density at radius 3 is 2.50 bits per heavy atom. The topological polar surface area (TPSA) is 49.8 Å². The van der Waals surface area contributed by atoms with Gasteiger partial charge in [0.1, 0.15) is 0 Å². The van der Waals surface area contributed by atoms with Crippen molar-refractivity contribution in [2.45, 2.75) is 31.9 Å². The molecule has 0 radical (unpaired) electrons. The maximum absolute atomic E-state index is 13.0. The van der Waals surface area contributed by atoms with Crippen molar-refractivity contribution in [3.63, 3.8) is 0 Å². The van der Waals surface area contributed by atoms with Gasteiger partial charge in [-0.1, -0.05) is 12.8 Å². The van der Waals surface area contributed by atoms with Crippen molar-refractivity contribution in [1.82, 2.24) is 4.90 Å². The van der Waals surface area contributed by atoms with E-state index in [4.69, 9.17) is 9.84 Å². The fraction of sp³-hybridized carbons (Fsp3) is 0.923. The van der Waals surface area contributed by atoms with Crippen LogP contribution in [0.4, 0.5) is 13.2 Å².